The third kappa shape index (κ3) is 3.23. The van der Waals surface area contributed by atoms with Crippen LogP contribution < -0.4 is 5.32 Å². The number of amides is 1. The highest BCUT2D eigenvalue weighted by atomic mass is 16.2. The molecular formula is C14H27N3O. The van der Waals surface area contributed by atoms with Gasteiger partial charge in [-0.15, -0.1) is 0 Å². The van der Waals surface area contributed by atoms with Gasteiger partial charge in [0.15, 0.2) is 0 Å². The molecule has 2 fully saturated rings. The highest BCUT2D eigenvalue weighted by Gasteiger charge is 2.32. The van der Waals surface area contributed by atoms with Crippen molar-refractivity contribution in [3.8, 4) is 0 Å². The minimum atomic E-state index is 0.111. The zero-order valence-corrected chi connectivity index (χ0v) is 11.8. The van der Waals surface area contributed by atoms with E-state index in [4.69, 9.17) is 0 Å². The molecule has 0 aromatic heterocycles. The van der Waals surface area contributed by atoms with Gasteiger partial charge >= 0.3 is 0 Å². The monoisotopic (exact) mass is 253 g/mol. The molecule has 0 saturated carbocycles. The number of hydrogen-bond acceptors (Lipinski definition) is 3. The number of carbonyl (C=O) groups is 1. The summed E-state index contributed by atoms with van der Waals surface area (Å²) in [4.78, 5) is 17.0. The summed E-state index contributed by atoms with van der Waals surface area (Å²) in [5, 5.41) is 3.27. The predicted octanol–water partition coefficient (Wildman–Crippen LogP) is 0.929. The molecule has 2 aliphatic rings. The van der Waals surface area contributed by atoms with E-state index >= 15 is 0 Å². The van der Waals surface area contributed by atoms with Crippen molar-refractivity contribution >= 4 is 5.91 Å². The van der Waals surface area contributed by atoms with Crippen LogP contribution in [-0.4, -0.2) is 61.0 Å². The molecule has 1 amide bonds. The Morgan fingerprint density at radius 1 is 1.33 bits per heavy atom. The summed E-state index contributed by atoms with van der Waals surface area (Å²) in [5.41, 5.74) is 0. The lowest BCUT2D eigenvalue weighted by atomic mass is 9.98. The van der Waals surface area contributed by atoms with Crippen molar-refractivity contribution in [1.29, 1.82) is 0 Å². The second-order valence-electron chi connectivity index (χ2n) is 5.68. The second-order valence-corrected chi connectivity index (χ2v) is 5.68. The molecule has 2 aliphatic heterocycles. The van der Waals surface area contributed by atoms with Gasteiger partial charge in [0.1, 0.15) is 0 Å². The van der Waals surface area contributed by atoms with E-state index in [1.54, 1.807) is 0 Å². The average molecular weight is 253 g/mol. The molecule has 0 aromatic carbocycles. The SMILES string of the molecule is CCNCC(C)C(=O)N1CCN2CCCCC2C1. The van der Waals surface area contributed by atoms with E-state index in [0.717, 1.165) is 32.7 Å². The Morgan fingerprint density at radius 2 is 2.17 bits per heavy atom. The topological polar surface area (TPSA) is 35.6 Å². The van der Waals surface area contributed by atoms with Crippen molar-refractivity contribution in [2.75, 3.05) is 39.3 Å². The largest absolute Gasteiger partial charge is 0.340 e. The maximum absolute atomic E-state index is 12.3. The predicted molar refractivity (Wildman–Crippen MR) is 73.5 cm³/mol. The van der Waals surface area contributed by atoms with Crippen LogP contribution in [0, 0.1) is 5.92 Å². The number of rotatable bonds is 4. The Kier molecular flexibility index (Phi) is 5.01. The van der Waals surface area contributed by atoms with E-state index in [-0.39, 0.29) is 5.92 Å². The fourth-order valence-corrected chi connectivity index (χ4v) is 3.12. The molecule has 4 heteroatoms. The van der Waals surface area contributed by atoms with E-state index in [9.17, 15) is 4.79 Å². The Hall–Kier alpha value is -0.610. The van der Waals surface area contributed by atoms with E-state index in [0.29, 0.717) is 11.9 Å². The Morgan fingerprint density at radius 3 is 2.94 bits per heavy atom. The molecule has 0 aliphatic carbocycles. The summed E-state index contributed by atoms with van der Waals surface area (Å²) >= 11 is 0. The van der Waals surface area contributed by atoms with E-state index in [1.807, 2.05) is 6.92 Å². The summed E-state index contributed by atoms with van der Waals surface area (Å²) in [6.07, 6.45) is 3.93. The summed E-state index contributed by atoms with van der Waals surface area (Å²) in [6.45, 7) is 10.1. The van der Waals surface area contributed by atoms with Gasteiger partial charge in [-0.1, -0.05) is 20.3 Å². The van der Waals surface area contributed by atoms with Crippen LogP contribution in [0.5, 0.6) is 0 Å². The Labute approximate surface area is 111 Å². The fourth-order valence-electron chi connectivity index (χ4n) is 3.12. The van der Waals surface area contributed by atoms with Gasteiger partial charge in [0, 0.05) is 38.1 Å². The number of nitrogens with one attached hydrogen (secondary N) is 1. The number of fused-ring (bicyclic) bond motifs is 1. The van der Waals surface area contributed by atoms with Crippen LogP contribution in [-0.2, 0) is 4.79 Å². The molecule has 0 radical (unpaired) electrons. The molecule has 0 aromatic rings. The van der Waals surface area contributed by atoms with E-state index in [1.165, 1.54) is 25.8 Å². The first-order valence-electron chi connectivity index (χ1n) is 7.46. The van der Waals surface area contributed by atoms with Crippen LogP contribution in [0.3, 0.4) is 0 Å². The number of piperazine rings is 1. The lowest BCUT2D eigenvalue weighted by Crippen LogP contribution is -2.57. The first kappa shape index (κ1) is 13.8. The summed E-state index contributed by atoms with van der Waals surface area (Å²) < 4.78 is 0. The lowest BCUT2D eigenvalue weighted by molar-refractivity contribution is -0.138. The van der Waals surface area contributed by atoms with Gasteiger partial charge in [-0.2, -0.15) is 0 Å². The molecule has 2 atom stereocenters. The van der Waals surface area contributed by atoms with Gasteiger partial charge in [0.05, 0.1) is 0 Å². The van der Waals surface area contributed by atoms with E-state index < -0.39 is 0 Å². The van der Waals surface area contributed by atoms with Crippen LogP contribution in [0.15, 0.2) is 0 Å². The normalized spacial score (nSPS) is 26.8. The van der Waals surface area contributed by atoms with Crippen molar-refractivity contribution in [2.24, 2.45) is 5.92 Å². The third-order valence-corrected chi connectivity index (χ3v) is 4.27. The van der Waals surface area contributed by atoms with Gasteiger partial charge in [0.25, 0.3) is 0 Å². The fraction of sp³-hybridized carbons (Fsp3) is 0.929. The smallest absolute Gasteiger partial charge is 0.226 e. The van der Waals surface area contributed by atoms with Crippen LogP contribution >= 0.6 is 0 Å². The number of hydrogen-bond donors (Lipinski definition) is 1. The van der Waals surface area contributed by atoms with Gasteiger partial charge in [-0.25, -0.2) is 0 Å². The molecule has 0 spiro atoms. The number of nitrogens with zero attached hydrogens (tertiary/aromatic N) is 2. The number of carbonyl (C=O) groups excluding carboxylic acids is 1. The first-order chi connectivity index (χ1) is 8.72. The molecule has 2 rings (SSSR count). The molecule has 104 valence electrons. The van der Waals surface area contributed by atoms with Crippen LogP contribution in [0.1, 0.15) is 33.1 Å². The minimum Gasteiger partial charge on any atom is -0.340 e. The van der Waals surface area contributed by atoms with Crippen molar-refractivity contribution in [3.05, 3.63) is 0 Å². The van der Waals surface area contributed by atoms with Crippen LogP contribution in [0.4, 0.5) is 0 Å². The lowest BCUT2D eigenvalue weighted by Gasteiger charge is -2.44. The van der Waals surface area contributed by atoms with Crippen molar-refractivity contribution in [1.82, 2.24) is 15.1 Å². The quantitative estimate of drug-likeness (QED) is 0.809. The summed E-state index contributed by atoms with van der Waals surface area (Å²) in [6, 6.07) is 0.628. The van der Waals surface area contributed by atoms with E-state index in [2.05, 4.69) is 22.0 Å². The van der Waals surface area contributed by atoms with Gasteiger partial charge < -0.3 is 10.2 Å². The maximum Gasteiger partial charge on any atom is 0.226 e. The molecule has 4 nitrogen and oxygen atoms in total. The molecule has 18 heavy (non-hydrogen) atoms. The maximum atomic E-state index is 12.3. The highest BCUT2D eigenvalue weighted by Crippen LogP contribution is 2.21. The molecule has 2 heterocycles. The molecule has 0 bridgehead atoms. The molecule has 2 unspecified atom stereocenters. The molecular weight excluding hydrogens is 226 g/mol. The molecule has 1 N–H and O–H groups in total. The van der Waals surface area contributed by atoms with Crippen molar-refractivity contribution < 1.29 is 4.79 Å². The highest BCUT2D eigenvalue weighted by molar-refractivity contribution is 5.78. The van der Waals surface area contributed by atoms with Gasteiger partial charge in [-0.05, 0) is 25.9 Å². The van der Waals surface area contributed by atoms with Crippen molar-refractivity contribution in [3.63, 3.8) is 0 Å². The zero-order valence-electron chi connectivity index (χ0n) is 11.8. The standard InChI is InChI=1S/C14H27N3O/c1-3-15-10-12(2)14(18)17-9-8-16-7-5-4-6-13(16)11-17/h12-13,15H,3-11H2,1-2H3. The summed E-state index contributed by atoms with van der Waals surface area (Å²) in [5.74, 6) is 0.446. The number of piperidine rings is 1. The average Bonchev–Trinajstić information content (AvgIpc) is 2.43. The van der Waals surface area contributed by atoms with Gasteiger partial charge in [-0.3, -0.25) is 9.69 Å². The second kappa shape index (κ2) is 6.53. The Bertz CT molecular complexity index is 282. The summed E-state index contributed by atoms with van der Waals surface area (Å²) in [7, 11) is 0. The first-order valence-corrected chi connectivity index (χ1v) is 7.46. The van der Waals surface area contributed by atoms with Gasteiger partial charge in [0.2, 0.25) is 5.91 Å². The van der Waals surface area contributed by atoms with Crippen molar-refractivity contribution in [2.45, 2.75) is 39.2 Å². The molecule has 2 saturated heterocycles. The van der Waals surface area contributed by atoms with Crippen LogP contribution in [0.25, 0.3) is 0 Å². The minimum absolute atomic E-state index is 0.111. The Balaban J connectivity index is 1.84. The zero-order chi connectivity index (χ0) is 13.0. The third-order valence-electron chi connectivity index (χ3n) is 4.27. The van der Waals surface area contributed by atoms with Crippen LogP contribution in [0.2, 0.25) is 0 Å².